The number of Topliss-reactive ketones (excluding diaryl/α,β-unsaturated/α-hetero) is 2. The summed E-state index contributed by atoms with van der Waals surface area (Å²) in [6.07, 6.45) is 21.4. The molecule has 1 amide bonds. The Bertz CT molecular complexity index is 752. The van der Waals surface area contributed by atoms with Gasteiger partial charge in [-0.3, -0.25) is 24.0 Å². The van der Waals surface area contributed by atoms with Crippen LogP contribution in [0.15, 0.2) is 0 Å². The highest BCUT2D eigenvalue weighted by molar-refractivity contribution is 5.85. The van der Waals surface area contributed by atoms with E-state index >= 15 is 0 Å². The first-order chi connectivity index (χ1) is 20.2. The van der Waals surface area contributed by atoms with Crippen molar-refractivity contribution in [3.05, 3.63) is 0 Å². The summed E-state index contributed by atoms with van der Waals surface area (Å²) in [6, 6.07) is 0. The third kappa shape index (κ3) is 25.5. The average Bonchev–Trinajstić information content (AvgIpc) is 2.95. The van der Waals surface area contributed by atoms with Crippen molar-refractivity contribution in [2.45, 2.75) is 168 Å². The summed E-state index contributed by atoms with van der Waals surface area (Å²) in [5.74, 6) is -3.38. The number of amides is 1. The molecule has 0 saturated heterocycles. The molecule has 0 saturated carbocycles. The van der Waals surface area contributed by atoms with Crippen LogP contribution in [0.1, 0.15) is 168 Å². The van der Waals surface area contributed by atoms with Gasteiger partial charge in [0.25, 0.3) is 0 Å². The van der Waals surface area contributed by atoms with Crippen LogP contribution in [-0.2, 0) is 24.0 Å². The fourth-order valence-corrected chi connectivity index (χ4v) is 5.22. The van der Waals surface area contributed by atoms with E-state index in [1.807, 2.05) is 0 Å². The van der Waals surface area contributed by atoms with Gasteiger partial charge < -0.3 is 15.5 Å². The Kier molecular flexibility index (Phi) is 26.1. The maximum Gasteiger partial charge on any atom is 0.306 e. The minimum Gasteiger partial charge on any atom is -0.481 e. The molecule has 0 fully saturated rings. The van der Waals surface area contributed by atoms with E-state index in [9.17, 15) is 29.1 Å². The van der Waals surface area contributed by atoms with Gasteiger partial charge in [-0.1, -0.05) is 110 Å². The van der Waals surface area contributed by atoms with Crippen molar-refractivity contribution in [2.75, 3.05) is 6.54 Å². The van der Waals surface area contributed by atoms with Crippen LogP contribution >= 0.6 is 0 Å². The summed E-state index contributed by atoms with van der Waals surface area (Å²) >= 11 is 0. The molecule has 0 aliphatic rings. The van der Waals surface area contributed by atoms with Crippen LogP contribution < -0.4 is 5.32 Å². The highest BCUT2D eigenvalue weighted by Gasteiger charge is 2.22. The van der Waals surface area contributed by atoms with Crippen LogP contribution in [0.2, 0.25) is 0 Å². The highest BCUT2D eigenvalue weighted by Crippen LogP contribution is 2.17. The Morgan fingerprint density at radius 2 is 1.12 bits per heavy atom. The Labute approximate surface area is 255 Å². The number of carboxylic acids is 2. The molecule has 0 radical (unpaired) electrons. The molecule has 244 valence electrons. The summed E-state index contributed by atoms with van der Waals surface area (Å²) in [4.78, 5) is 58.5. The number of unbranched alkanes of at least 4 members (excludes halogenated alkanes) is 15. The molecule has 0 aliphatic heterocycles. The van der Waals surface area contributed by atoms with Crippen LogP contribution in [0.3, 0.4) is 0 Å². The molecular formula is C34H61NO7. The number of carboxylic acid groups (broad SMARTS) is 2. The van der Waals surface area contributed by atoms with Gasteiger partial charge in [-0.15, -0.1) is 0 Å². The van der Waals surface area contributed by atoms with Crippen molar-refractivity contribution in [1.82, 2.24) is 5.32 Å². The van der Waals surface area contributed by atoms with Gasteiger partial charge in [0, 0.05) is 38.1 Å². The van der Waals surface area contributed by atoms with Gasteiger partial charge in [0.05, 0.1) is 12.3 Å². The lowest BCUT2D eigenvalue weighted by Crippen LogP contribution is -2.26. The zero-order chi connectivity index (χ0) is 31.4. The SMILES string of the molecule is CCCCCCCCCCCCCCCCCC(=O)C[C@@H](CCC(=O)NCCCC[C@H](C)C(=O)CCC(=O)O)C(=O)O. The minimum absolute atomic E-state index is 0.0188. The van der Waals surface area contributed by atoms with Gasteiger partial charge >= 0.3 is 11.9 Å². The van der Waals surface area contributed by atoms with E-state index in [0.717, 1.165) is 25.7 Å². The lowest BCUT2D eigenvalue weighted by Gasteiger charge is -2.12. The molecule has 0 heterocycles. The van der Waals surface area contributed by atoms with E-state index in [0.29, 0.717) is 25.8 Å². The molecule has 3 N–H and O–H groups in total. The van der Waals surface area contributed by atoms with Crippen LogP contribution in [0.4, 0.5) is 0 Å². The highest BCUT2D eigenvalue weighted by atomic mass is 16.4. The number of ketones is 2. The van der Waals surface area contributed by atoms with Crippen LogP contribution in [0.25, 0.3) is 0 Å². The zero-order valence-electron chi connectivity index (χ0n) is 26.8. The quantitative estimate of drug-likeness (QED) is 0.0689. The summed E-state index contributed by atoms with van der Waals surface area (Å²) < 4.78 is 0. The second kappa shape index (κ2) is 27.6. The number of aliphatic carboxylic acids is 2. The molecule has 2 atom stereocenters. The Hall–Kier alpha value is -2.25. The topological polar surface area (TPSA) is 138 Å². The number of hydrogen-bond acceptors (Lipinski definition) is 5. The third-order valence-electron chi connectivity index (χ3n) is 8.12. The van der Waals surface area contributed by atoms with Gasteiger partial charge in [-0.25, -0.2) is 0 Å². The second-order valence-corrected chi connectivity index (χ2v) is 12.1. The first-order valence-corrected chi connectivity index (χ1v) is 16.9. The van der Waals surface area contributed by atoms with E-state index in [-0.39, 0.29) is 55.5 Å². The van der Waals surface area contributed by atoms with Gasteiger partial charge in [-0.2, -0.15) is 0 Å². The lowest BCUT2D eigenvalue weighted by atomic mass is 9.94. The third-order valence-corrected chi connectivity index (χ3v) is 8.12. The van der Waals surface area contributed by atoms with E-state index in [1.54, 1.807) is 6.92 Å². The van der Waals surface area contributed by atoms with Crippen LogP contribution in [0.5, 0.6) is 0 Å². The van der Waals surface area contributed by atoms with Crippen molar-refractivity contribution in [3.8, 4) is 0 Å². The maximum atomic E-state index is 12.3. The summed E-state index contributed by atoms with van der Waals surface area (Å²) in [7, 11) is 0. The molecule has 0 aromatic rings. The predicted octanol–water partition coefficient (Wildman–Crippen LogP) is 8.04. The smallest absolute Gasteiger partial charge is 0.306 e. The average molecular weight is 596 g/mol. The van der Waals surface area contributed by atoms with E-state index in [4.69, 9.17) is 5.11 Å². The fraction of sp³-hybridized carbons (Fsp3) is 0.853. The summed E-state index contributed by atoms with van der Waals surface area (Å²) in [5.41, 5.74) is 0. The number of carbonyl (C=O) groups excluding carboxylic acids is 3. The number of carbonyl (C=O) groups is 5. The molecule has 8 nitrogen and oxygen atoms in total. The van der Waals surface area contributed by atoms with Crippen molar-refractivity contribution >= 4 is 29.4 Å². The normalized spacial score (nSPS) is 12.5. The standard InChI is InChI=1S/C34H61NO7/c1-3-4-5-6-7-8-9-10-11-12-13-14-15-16-17-21-30(36)27-29(34(41)42)22-24-32(38)35-26-19-18-20-28(2)31(37)23-25-33(39)40/h28-29H,3-27H2,1-2H3,(H,35,38)(H,39,40)(H,41,42)/t28-,29+/m0/s1. The van der Waals surface area contributed by atoms with Crippen LogP contribution in [0, 0.1) is 11.8 Å². The monoisotopic (exact) mass is 595 g/mol. The zero-order valence-corrected chi connectivity index (χ0v) is 26.8. The molecule has 8 heteroatoms. The number of nitrogens with one attached hydrogen (secondary N) is 1. The molecule has 0 aromatic heterocycles. The maximum absolute atomic E-state index is 12.3. The van der Waals surface area contributed by atoms with Crippen molar-refractivity contribution in [1.29, 1.82) is 0 Å². The van der Waals surface area contributed by atoms with E-state index < -0.39 is 17.9 Å². The molecular weight excluding hydrogens is 534 g/mol. The van der Waals surface area contributed by atoms with Gasteiger partial charge in [0.15, 0.2) is 0 Å². The molecule has 0 rings (SSSR count). The van der Waals surface area contributed by atoms with E-state index in [2.05, 4.69) is 12.2 Å². The number of hydrogen-bond donors (Lipinski definition) is 3. The van der Waals surface area contributed by atoms with Crippen molar-refractivity contribution in [3.63, 3.8) is 0 Å². The molecule has 0 spiro atoms. The minimum atomic E-state index is -1.03. The molecule has 0 aliphatic carbocycles. The molecule has 0 unspecified atom stereocenters. The number of rotatable bonds is 31. The Morgan fingerprint density at radius 1 is 0.595 bits per heavy atom. The lowest BCUT2D eigenvalue weighted by molar-refractivity contribution is -0.144. The molecule has 42 heavy (non-hydrogen) atoms. The van der Waals surface area contributed by atoms with Crippen molar-refractivity contribution in [2.24, 2.45) is 11.8 Å². The van der Waals surface area contributed by atoms with Gasteiger partial charge in [-0.05, 0) is 25.7 Å². The first-order valence-electron chi connectivity index (χ1n) is 16.9. The summed E-state index contributed by atoms with van der Waals surface area (Å²) in [6.45, 7) is 4.47. The Balaban J connectivity index is 3.81. The van der Waals surface area contributed by atoms with E-state index in [1.165, 1.54) is 77.0 Å². The predicted molar refractivity (Wildman–Crippen MR) is 167 cm³/mol. The first kappa shape index (κ1) is 39.8. The Morgan fingerprint density at radius 3 is 1.62 bits per heavy atom. The largest absolute Gasteiger partial charge is 0.481 e. The molecule has 0 aromatic carbocycles. The van der Waals surface area contributed by atoms with Gasteiger partial charge in [0.2, 0.25) is 5.91 Å². The van der Waals surface area contributed by atoms with Crippen LogP contribution in [-0.4, -0.2) is 46.2 Å². The summed E-state index contributed by atoms with van der Waals surface area (Å²) in [5, 5.41) is 20.9. The van der Waals surface area contributed by atoms with Gasteiger partial charge in [0.1, 0.15) is 11.6 Å². The second-order valence-electron chi connectivity index (χ2n) is 12.1. The van der Waals surface area contributed by atoms with Crippen molar-refractivity contribution < 1.29 is 34.2 Å². The fourth-order valence-electron chi connectivity index (χ4n) is 5.22. The molecule has 0 bridgehead atoms.